The second kappa shape index (κ2) is 6.17. The van der Waals surface area contributed by atoms with Crippen molar-refractivity contribution in [3.05, 3.63) is 0 Å². The Morgan fingerprint density at radius 3 is 2.61 bits per heavy atom. The van der Waals surface area contributed by atoms with Crippen molar-refractivity contribution in [1.29, 1.82) is 5.26 Å². The molecule has 1 rings (SSSR count). The molecule has 5 heteroatoms. The third-order valence-electron chi connectivity index (χ3n) is 3.85. The van der Waals surface area contributed by atoms with Gasteiger partial charge in [0.15, 0.2) is 0 Å². The van der Waals surface area contributed by atoms with Gasteiger partial charge in [-0.15, -0.1) is 0 Å². The number of hydrogen-bond acceptors (Lipinski definition) is 4. The van der Waals surface area contributed by atoms with Gasteiger partial charge < -0.3 is 15.2 Å². The van der Waals surface area contributed by atoms with E-state index in [1.807, 2.05) is 13.8 Å². The van der Waals surface area contributed by atoms with E-state index in [2.05, 4.69) is 11.4 Å². The van der Waals surface area contributed by atoms with Crippen LogP contribution in [-0.4, -0.2) is 36.4 Å². The van der Waals surface area contributed by atoms with E-state index in [4.69, 9.17) is 9.84 Å². The predicted octanol–water partition coefficient (Wildman–Crippen LogP) is 0.974. The summed E-state index contributed by atoms with van der Waals surface area (Å²) in [5.41, 5.74) is -1.42. The van der Waals surface area contributed by atoms with Gasteiger partial charge in [-0.2, -0.15) is 5.26 Å². The lowest BCUT2D eigenvalue weighted by molar-refractivity contribution is -0.134. The zero-order chi connectivity index (χ0) is 13.6. The van der Waals surface area contributed by atoms with Crippen LogP contribution < -0.4 is 5.32 Å². The monoisotopic (exact) mass is 254 g/mol. The first-order valence-corrected chi connectivity index (χ1v) is 6.44. The molecule has 1 unspecified atom stereocenters. The van der Waals surface area contributed by atoms with Gasteiger partial charge in [-0.3, -0.25) is 4.79 Å². The highest BCUT2D eigenvalue weighted by Gasteiger charge is 2.42. The fraction of sp³-hybridized carbons (Fsp3) is 0.846. The molecule has 5 nitrogen and oxygen atoms in total. The second-order valence-electron chi connectivity index (χ2n) is 5.15. The van der Waals surface area contributed by atoms with Crippen molar-refractivity contribution in [3.63, 3.8) is 0 Å². The van der Waals surface area contributed by atoms with Crippen LogP contribution in [0.2, 0.25) is 0 Å². The summed E-state index contributed by atoms with van der Waals surface area (Å²) in [6.45, 7) is 4.77. The van der Waals surface area contributed by atoms with Gasteiger partial charge in [-0.25, -0.2) is 0 Å². The highest BCUT2D eigenvalue weighted by atomic mass is 16.5. The van der Waals surface area contributed by atoms with Crippen LogP contribution in [0.1, 0.15) is 39.5 Å². The average Bonchev–Trinajstić information content (AvgIpc) is 2.39. The summed E-state index contributed by atoms with van der Waals surface area (Å²) in [5.74, 6) is -0.230. The standard InChI is InChI=1S/C13H22N2O3/c1-3-12(2,4-7-16)15-11(17)13(10-14)5-8-18-9-6-13/h16H,3-9H2,1-2H3,(H,15,17). The van der Waals surface area contributed by atoms with Crippen LogP contribution in [0, 0.1) is 16.7 Å². The number of nitriles is 1. The fourth-order valence-electron chi connectivity index (χ4n) is 2.08. The molecule has 102 valence electrons. The minimum Gasteiger partial charge on any atom is -0.396 e. The quantitative estimate of drug-likeness (QED) is 0.766. The summed E-state index contributed by atoms with van der Waals surface area (Å²) in [5, 5.41) is 21.3. The van der Waals surface area contributed by atoms with E-state index in [0.29, 0.717) is 32.5 Å². The van der Waals surface area contributed by atoms with Gasteiger partial charge in [0.2, 0.25) is 5.91 Å². The lowest BCUT2D eigenvalue weighted by atomic mass is 9.79. The van der Waals surface area contributed by atoms with Crippen molar-refractivity contribution in [2.45, 2.75) is 45.1 Å². The molecular formula is C13H22N2O3. The first kappa shape index (κ1) is 14.9. The Bertz CT molecular complexity index is 332. The predicted molar refractivity (Wildman–Crippen MR) is 66.6 cm³/mol. The van der Waals surface area contributed by atoms with Crippen molar-refractivity contribution < 1.29 is 14.6 Å². The highest BCUT2D eigenvalue weighted by molar-refractivity contribution is 5.86. The van der Waals surface area contributed by atoms with Crippen molar-refractivity contribution >= 4 is 5.91 Å². The summed E-state index contributed by atoms with van der Waals surface area (Å²) in [4.78, 5) is 12.3. The lowest BCUT2D eigenvalue weighted by Gasteiger charge is -2.35. The van der Waals surface area contributed by atoms with Gasteiger partial charge in [-0.05, 0) is 32.6 Å². The highest BCUT2D eigenvalue weighted by Crippen LogP contribution is 2.31. The summed E-state index contributed by atoms with van der Waals surface area (Å²) in [7, 11) is 0. The number of hydrogen-bond donors (Lipinski definition) is 2. The normalized spacial score (nSPS) is 21.7. The number of carbonyl (C=O) groups excluding carboxylic acids is 1. The molecule has 18 heavy (non-hydrogen) atoms. The zero-order valence-corrected chi connectivity index (χ0v) is 11.2. The molecule has 0 bridgehead atoms. The number of carbonyl (C=O) groups is 1. The summed E-state index contributed by atoms with van der Waals surface area (Å²) >= 11 is 0. The van der Waals surface area contributed by atoms with Crippen molar-refractivity contribution in [2.75, 3.05) is 19.8 Å². The second-order valence-corrected chi connectivity index (χ2v) is 5.15. The largest absolute Gasteiger partial charge is 0.396 e. The minimum absolute atomic E-state index is 0.0211. The van der Waals surface area contributed by atoms with E-state index in [9.17, 15) is 10.1 Å². The van der Waals surface area contributed by atoms with Crippen LogP contribution in [0.4, 0.5) is 0 Å². The van der Waals surface area contributed by atoms with Crippen LogP contribution in [0.5, 0.6) is 0 Å². The number of ether oxygens (including phenoxy) is 1. The molecule has 1 aliphatic heterocycles. The first-order chi connectivity index (χ1) is 8.52. The molecule has 1 aliphatic rings. The van der Waals surface area contributed by atoms with Gasteiger partial charge in [0.05, 0.1) is 6.07 Å². The molecular weight excluding hydrogens is 232 g/mol. The number of rotatable bonds is 5. The Balaban J connectivity index is 2.76. The van der Waals surface area contributed by atoms with Gasteiger partial charge in [-0.1, -0.05) is 6.92 Å². The zero-order valence-electron chi connectivity index (χ0n) is 11.2. The maximum Gasteiger partial charge on any atom is 0.241 e. The third kappa shape index (κ3) is 3.21. The molecule has 0 spiro atoms. The Morgan fingerprint density at radius 1 is 1.56 bits per heavy atom. The molecule has 0 aromatic rings. The topological polar surface area (TPSA) is 82.4 Å². The van der Waals surface area contributed by atoms with Crippen LogP contribution in [0.25, 0.3) is 0 Å². The molecule has 0 aromatic heterocycles. The van der Waals surface area contributed by atoms with Gasteiger partial charge in [0.25, 0.3) is 0 Å². The van der Waals surface area contributed by atoms with Gasteiger partial charge in [0.1, 0.15) is 5.41 Å². The van der Waals surface area contributed by atoms with Crippen molar-refractivity contribution in [1.82, 2.24) is 5.32 Å². The SMILES string of the molecule is CCC(C)(CCO)NC(=O)C1(C#N)CCOCC1. The van der Waals surface area contributed by atoms with Crippen LogP contribution in [-0.2, 0) is 9.53 Å². The summed E-state index contributed by atoms with van der Waals surface area (Å²) < 4.78 is 5.21. The van der Waals surface area contributed by atoms with Crippen LogP contribution in [0.15, 0.2) is 0 Å². The number of aliphatic hydroxyl groups excluding tert-OH is 1. The van der Waals surface area contributed by atoms with E-state index in [0.717, 1.165) is 6.42 Å². The number of nitrogens with one attached hydrogen (secondary N) is 1. The third-order valence-corrected chi connectivity index (χ3v) is 3.85. The Morgan fingerprint density at radius 2 is 2.17 bits per heavy atom. The molecule has 1 amide bonds. The Kier molecular flexibility index (Phi) is 5.12. The minimum atomic E-state index is -0.968. The van der Waals surface area contributed by atoms with E-state index in [1.165, 1.54) is 0 Å². The molecule has 1 saturated heterocycles. The maximum atomic E-state index is 12.3. The number of aliphatic hydroxyl groups is 1. The van der Waals surface area contributed by atoms with E-state index >= 15 is 0 Å². The molecule has 0 radical (unpaired) electrons. The number of amides is 1. The summed E-state index contributed by atoms with van der Waals surface area (Å²) in [6.07, 6.45) is 2.09. The molecule has 1 fully saturated rings. The molecule has 0 saturated carbocycles. The van der Waals surface area contributed by atoms with Crippen molar-refractivity contribution in [3.8, 4) is 6.07 Å². The molecule has 0 aliphatic carbocycles. The summed E-state index contributed by atoms with van der Waals surface area (Å²) in [6, 6.07) is 2.15. The van der Waals surface area contributed by atoms with Gasteiger partial charge >= 0.3 is 0 Å². The lowest BCUT2D eigenvalue weighted by Crippen LogP contribution is -2.53. The first-order valence-electron chi connectivity index (χ1n) is 6.44. The van der Waals surface area contributed by atoms with Crippen LogP contribution in [0.3, 0.4) is 0 Å². The molecule has 1 atom stereocenters. The molecule has 1 heterocycles. The number of nitrogens with zero attached hydrogens (tertiary/aromatic N) is 1. The Hall–Kier alpha value is -1.12. The van der Waals surface area contributed by atoms with E-state index < -0.39 is 11.0 Å². The van der Waals surface area contributed by atoms with E-state index in [1.54, 1.807) is 0 Å². The Labute approximate surface area is 108 Å². The van der Waals surface area contributed by atoms with Crippen LogP contribution >= 0.6 is 0 Å². The fourth-order valence-corrected chi connectivity index (χ4v) is 2.08. The van der Waals surface area contributed by atoms with Gasteiger partial charge in [0, 0.05) is 25.4 Å². The maximum absolute atomic E-state index is 12.3. The molecule has 0 aromatic carbocycles. The van der Waals surface area contributed by atoms with E-state index in [-0.39, 0.29) is 12.5 Å². The van der Waals surface area contributed by atoms with Crippen molar-refractivity contribution in [2.24, 2.45) is 5.41 Å². The average molecular weight is 254 g/mol. The molecule has 2 N–H and O–H groups in total. The smallest absolute Gasteiger partial charge is 0.241 e.